The number of amides is 1. The quantitative estimate of drug-likeness (QED) is 0.761. The number of rotatable bonds is 5. The summed E-state index contributed by atoms with van der Waals surface area (Å²) in [5.41, 5.74) is -0.207. The predicted molar refractivity (Wildman–Crippen MR) is 108 cm³/mol. The Labute approximate surface area is 171 Å². The maximum absolute atomic E-state index is 12.9. The predicted octanol–water partition coefficient (Wildman–Crippen LogP) is 1.70. The fraction of sp³-hybridized carbons (Fsp3) is 0.700. The van der Waals surface area contributed by atoms with Gasteiger partial charge in [-0.2, -0.15) is 0 Å². The maximum atomic E-state index is 12.9. The summed E-state index contributed by atoms with van der Waals surface area (Å²) < 4.78 is 10.9. The van der Waals surface area contributed by atoms with Gasteiger partial charge in [-0.3, -0.25) is 4.79 Å². The summed E-state index contributed by atoms with van der Waals surface area (Å²) in [7, 11) is 1.67. The Bertz CT molecular complexity index is 724. The van der Waals surface area contributed by atoms with Crippen molar-refractivity contribution in [1.29, 1.82) is 0 Å². The molecule has 1 atom stereocenters. The molecule has 7 nitrogen and oxygen atoms in total. The van der Waals surface area contributed by atoms with Crippen LogP contribution in [0.15, 0.2) is 15.3 Å². The van der Waals surface area contributed by atoms with Gasteiger partial charge in [0.1, 0.15) is 11.3 Å². The Morgan fingerprint density at radius 1 is 1.39 bits per heavy atom. The fourth-order valence-electron chi connectivity index (χ4n) is 4.12. The van der Waals surface area contributed by atoms with Crippen molar-refractivity contribution in [2.45, 2.75) is 38.5 Å². The minimum absolute atomic E-state index is 0. The van der Waals surface area contributed by atoms with Gasteiger partial charge in [0.2, 0.25) is 0 Å². The molecule has 3 heterocycles. The number of aliphatic hydroxyl groups is 1. The molecule has 0 bridgehead atoms. The fourth-order valence-corrected chi connectivity index (χ4v) is 4.12. The largest absolute Gasteiger partial charge is 0.427 e. The van der Waals surface area contributed by atoms with E-state index in [2.05, 4.69) is 5.32 Å². The average molecular weight is 415 g/mol. The number of halogens is 1. The first kappa shape index (κ1) is 22.9. The molecule has 0 spiro atoms. The zero-order valence-electron chi connectivity index (χ0n) is 16.7. The number of ether oxygens (including phenoxy) is 1. The molecule has 158 valence electrons. The van der Waals surface area contributed by atoms with Crippen LogP contribution in [0.25, 0.3) is 0 Å². The van der Waals surface area contributed by atoms with Gasteiger partial charge in [-0.15, -0.1) is 12.4 Å². The van der Waals surface area contributed by atoms with Crippen LogP contribution in [0.3, 0.4) is 0 Å². The van der Waals surface area contributed by atoms with Gasteiger partial charge in [0.25, 0.3) is 5.91 Å². The third kappa shape index (κ3) is 4.95. The van der Waals surface area contributed by atoms with Crippen molar-refractivity contribution < 1.29 is 19.1 Å². The van der Waals surface area contributed by atoms with E-state index in [0.717, 1.165) is 25.9 Å². The number of hydrogen-bond acceptors (Lipinski definition) is 6. The van der Waals surface area contributed by atoms with Gasteiger partial charge < -0.3 is 24.5 Å². The molecule has 1 unspecified atom stereocenters. The number of nitrogens with one attached hydrogen (secondary N) is 1. The highest BCUT2D eigenvalue weighted by Gasteiger charge is 2.35. The van der Waals surface area contributed by atoms with Crippen LogP contribution in [0.5, 0.6) is 0 Å². The first-order valence-corrected chi connectivity index (χ1v) is 9.75. The summed E-state index contributed by atoms with van der Waals surface area (Å²) in [6.45, 7) is 5.10. The molecule has 3 rings (SSSR count). The summed E-state index contributed by atoms with van der Waals surface area (Å²) in [5.74, 6) is 0.473. The number of aryl methyl sites for hydroxylation is 1. The third-order valence-electron chi connectivity index (χ3n) is 5.89. The number of hydrogen-bond donors (Lipinski definition) is 2. The van der Waals surface area contributed by atoms with Crippen LogP contribution in [0.2, 0.25) is 0 Å². The minimum Gasteiger partial charge on any atom is -0.427 e. The van der Waals surface area contributed by atoms with Crippen molar-refractivity contribution >= 4 is 18.3 Å². The average Bonchev–Trinajstić information content (AvgIpc) is 2.68. The number of aliphatic hydroxyl groups excluding tert-OH is 1. The first-order valence-electron chi connectivity index (χ1n) is 9.75. The molecule has 2 N–H and O–H groups in total. The molecule has 1 aromatic heterocycles. The molecular weight excluding hydrogens is 384 g/mol. The Hall–Kier alpha value is -1.41. The van der Waals surface area contributed by atoms with Crippen molar-refractivity contribution in [2.24, 2.45) is 5.41 Å². The number of carbonyl (C=O) groups is 1. The number of piperidine rings is 1. The molecule has 0 radical (unpaired) electrons. The highest BCUT2D eigenvalue weighted by atomic mass is 35.5. The standard InChI is InChI=1S/C20H30N2O5.ClH/c1-14-10-16(15-4-3-7-21-11-15)27-19(25)17(14)18(24)22(2)12-20(13-23)5-8-26-9-6-20;/h10,15,21,23H,3-9,11-13H2,1-2H3;1H. The van der Waals surface area contributed by atoms with Gasteiger partial charge in [0.05, 0.1) is 6.61 Å². The van der Waals surface area contributed by atoms with Gasteiger partial charge in [-0.25, -0.2) is 4.79 Å². The summed E-state index contributed by atoms with van der Waals surface area (Å²) in [6.07, 6.45) is 3.41. The molecular formula is C20H31ClN2O5. The zero-order chi connectivity index (χ0) is 19.4. The van der Waals surface area contributed by atoms with Crippen molar-refractivity contribution in [3.05, 3.63) is 33.4 Å². The Balaban J connectivity index is 0.00000280. The lowest BCUT2D eigenvalue weighted by atomic mass is 9.80. The molecule has 1 aromatic rings. The van der Waals surface area contributed by atoms with Crippen LogP contribution in [-0.2, 0) is 4.74 Å². The van der Waals surface area contributed by atoms with E-state index in [1.807, 2.05) is 6.07 Å². The first-order chi connectivity index (χ1) is 13.0. The van der Waals surface area contributed by atoms with Gasteiger partial charge in [-0.1, -0.05) is 0 Å². The van der Waals surface area contributed by atoms with E-state index < -0.39 is 5.63 Å². The molecule has 8 heteroatoms. The van der Waals surface area contributed by atoms with E-state index >= 15 is 0 Å². The molecule has 1 amide bonds. The van der Waals surface area contributed by atoms with E-state index in [1.54, 1.807) is 14.0 Å². The molecule has 2 saturated heterocycles. The van der Waals surface area contributed by atoms with Gasteiger partial charge >= 0.3 is 5.63 Å². The Morgan fingerprint density at radius 2 is 2.11 bits per heavy atom. The molecule has 2 fully saturated rings. The number of nitrogens with zero attached hydrogens (tertiary/aromatic N) is 1. The topological polar surface area (TPSA) is 92.0 Å². The van der Waals surface area contributed by atoms with Crippen LogP contribution < -0.4 is 10.9 Å². The molecule has 2 aliphatic heterocycles. The van der Waals surface area contributed by atoms with Gasteiger partial charge in [-0.05, 0) is 50.8 Å². The molecule has 0 saturated carbocycles. The summed E-state index contributed by atoms with van der Waals surface area (Å²) >= 11 is 0. The van der Waals surface area contributed by atoms with Crippen LogP contribution in [-0.4, -0.2) is 62.4 Å². The van der Waals surface area contributed by atoms with Crippen molar-refractivity contribution in [1.82, 2.24) is 10.2 Å². The SMILES string of the molecule is Cc1cc(C2CCCNC2)oc(=O)c1C(=O)N(C)CC1(CO)CCOCC1.Cl. The summed E-state index contributed by atoms with van der Waals surface area (Å²) in [5, 5.41) is 13.2. The van der Waals surface area contributed by atoms with Crippen molar-refractivity contribution in [3.63, 3.8) is 0 Å². The van der Waals surface area contributed by atoms with Crippen molar-refractivity contribution in [2.75, 3.05) is 46.5 Å². The van der Waals surface area contributed by atoms with Crippen LogP contribution in [0.4, 0.5) is 0 Å². The second-order valence-corrected chi connectivity index (χ2v) is 7.97. The summed E-state index contributed by atoms with van der Waals surface area (Å²) in [6, 6.07) is 1.83. The molecule has 0 aromatic carbocycles. The van der Waals surface area contributed by atoms with Gasteiger partial charge in [0, 0.05) is 44.7 Å². The normalized spacial score (nSPS) is 21.6. The van der Waals surface area contributed by atoms with Crippen molar-refractivity contribution in [3.8, 4) is 0 Å². The van der Waals surface area contributed by atoms with Crippen LogP contribution >= 0.6 is 12.4 Å². The smallest absolute Gasteiger partial charge is 0.349 e. The number of carbonyl (C=O) groups excluding carboxylic acids is 1. The Kier molecular flexibility index (Phi) is 8.07. The lowest BCUT2D eigenvalue weighted by Gasteiger charge is -2.38. The van der Waals surface area contributed by atoms with E-state index in [9.17, 15) is 14.7 Å². The molecule has 0 aliphatic carbocycles. The highest BCUT2D eigenvalue weighted by molar-refractivity contribution is 5.95. The van der Waals surface area contributed by atoms with E-state index in [1.165, 1.54) is 4.90 Å². The van der Waals surface area contributed by atoms with E-state index in [-0.39, 0.29) is 41.8 Å². The lowest BCUT2D eigenvalue weighted by Crippen LogP contribution is -2.45. The van der Waals surface area contributed by atoms with Gasteiger partial charge in [0.15, 0.2) is 0 Å². The van der Waals surface area contributed by atoms with Crippen LogP contribution in [0, 0.1) is 12.3 Å². The third-order valence-corrected chi connectivity index (χ3v) is 5.89. The Morgan fingerprint density at radius 3 is 2.68 bits per heavy atom. The maximum Gasteiger partial charge on any atom is 0.349 e. The second kappa shape index (κ2) is 9.87. The zero-order valence-corrected chi connectivity index (χ0v) is 17.5. The molecule has 2 aliphatic rings. The molecule has 28 heavy (non-hydrogen) atoms. The summed E-state index contributed by atoms with van der Waals surface area (Å²) in [4.78, 5) is 27.1. The monoisotopic (exact) mass is 414 g/mol. The van der Waals surface area contributed by atoms with E-state index in [0.29, 0.717) is 43.9 Å². The second-order valence-electron chi connectivity index (χ2n) is 7.97. The van der Waals surface area contributed by atoms with E-state index in [4.69, 9.17) is 9.15 Å². The van der Waals surface area contributed by atoms with Crippen LogP contribution in [0.1, 0.15) is 53.3 Å². The minimum atomic E-state index is -0.572. The highest BCUT2D eigenvalue weighted by Crippen LogP contribution is 2.31. The lowest BCUT2D eigenvalue weighted by molar-refractivity contribution is -0.0283.